The van der Waals surface area contributed by atoms with Gasteiger partial charge in [-0.1, -0.05) is 0 Å². The summed E-state index contributed by atoms with van der Waals surface area (Å²) in [6.45, 7) is 9.23. The fourth-order valence-corrected chi connectivity index (χ4v) is 2.59. The molecular formula is C15H25N3O. The van der Waals surface area contributed by atoms with Crippen LogP contribution in [-0.4, -0.2) is 23.1 Å². The molecule has 106 valence electrons. The first-order valence-corrected chi connectivity index (χ1v) is 7.20. The molecule has 1 aliphatic rings. The molecule has 0 atom stereocenters. The van der Waals surface area contributed by atoms with Gasteiger partial charge in [-0.3, -0.25) is 4.79 Å². The van der Waals surface area contributed by atoms with Crippen molar-refractivity contribution in [3.8, 4) is 0 Å². The third-order valence-corrected chi connectivity index (χ3v) is 3.64. The third kappa shape index (κ3) is 3.60. The minimum atomic E-state index is 0.0946. The van der Waals surface area contributed by atoms with E-state index >= 15 is 0 Å². The van der Waals surface area contributed by atoms with Gasteiger partial charge in [-0.2, -0.15) is 0 Å². The number of aromatic nitrogens is 1. The lowest BCUT2D eigenvalue weighted by atomic mass is 10.3. The summed E-state index contributed by atoms with van der Waals surface area (Å²) in [5, 5.41) is 6.38. The Morgan fingerprint density at radius 3 is 2.63 bits per heavy atom. The lowest BCUT2D eigenvalue weighted by molar-refractivity contribution is -0.116. The van der Waals surface area contributed by atoms with Crippen LogP contribution in [0.1, 0.15) is 50.5 Å². The van der Waals surface area contributed by atoms with E-state index in [9.17, 15) is 4.79 Å². The smallest absolute Gasteiger partial charge is 0.225 e. The van der Waals surface area contributed by atoms with Crippen molar-refractivity contribution in [2.75, 3.05) is 11.9 Å². The average Bonchev–Trinajstić information content (AvgIpc) is 3.07. The predicted molar refractivity (Wildman–Crippen MR) is 78.6 cm³/mol. The highest BCUT2D eigenvalue weighted by Gasteiger charge is 2.20. The van der Waals surface area contributed by atoms with Gasteiger partial charge in [0, 0.05) is 36.4 Å². The Balaban J connectivity index is 1.90. The Labute approximate surface area is 115 Å². The number of hydrogen-bond donors (Lipinski definition) is 2. The van der Waals surface area contributed by atoms with Crippen LogP contribution in [-0.2, 0) is 4.79 Å². The maximum Gasteiger partial charge on any atom is 0.225 e. The van der Waals surface area contributed by atoms with Gasteiger partial charge < -0.3 is 15.2 Å². The second-order valence-corrected chi connectivity index (χ2v) is 5.78. The van der Waals surface area contributed by atoms with Crippen LogP contribution in [0.5, 0.6) is 0 Å². The normalized spacial score (nSPS) is 15.0. The largest absolute Gasteiger partial charge is 0.345 e. The number of nitrogens with zero attached hydrogens (tertiary/aromatic N) is 1. The third-order valence-electron chi connectivity index (χ3n) is 3.64. The molecule has 1 heterocycles. The maximum absolute atomic E-state index is 11.9. The van der Waals surface area contributed by atoms with Crippen LogP contribution in [0.25, 0.3) is 0 Å². The zero-order valence-electron chi connectivity index (χ0n) is 12.4. The van der Waals surface area contributed by atoms with Crippen LogP contribution in [0.4, 0.5) is 5.69 Å². The van der Waals surface area contributed by atoms with Crippen molar-refractivity contribution in [2.24, 2.45) is 0 Å². The predicted octanol–water partition coefficient (Wildman–Crippen LogP) is 2.77. The van der Waals surface area contributed by atoms with Gasteiger partial charge in [-0.05, 0) is 46.6 Å². The minimum Gasteiger partial charge on any atom is -0.345 e. The number of aryl methyl sites for hydroxylation is 1. The number of hydrogen-bond acceptors (Lipinski definition) is 2. The molecule has 2 N–H and O–H groups in total. The molecule has 1 aliphatic carbocycles. The van der Waals surface area contributed by atoms with E-state index in [2.05, 4.69) is 49.0 Å². The molecule has 1 aromatic rings. The van der Waals surface area contributed by atoms with E-state index in [0.29, 0.717) is 18.5 Å². The van der Waals surface area contributed by atoms with Gasteiger partial charge in [0.15, 0.2) is 0 Å². The van der Waals surface area contributed by atoms with E-state index < -0.39 is 0 Å². The second kappa shape index (κ2) is 5.78. The molecule has 0 aromatic carbocycles. The van der Waals surface area contributed by atoms with E-state index in [1.54, 1.807) is 0 Å². The summed E-state index contributed by atoms with van der Waals surface area (Å²) in [4.78, 5) is 11.9. The van der Waals surface area contributed by atoms with Gasteiger partial charge in [0.05, 0.1) is 5.69 Å². The topological polar surface area (TPSA) is 46.1 Å². The van der Waals surface area contributed by atoms with Crippen LogP contribution in [0.2, 0.25) is 0 Å². The fourth-order valence-electron chi connectivity index (χ4n) is 2.59. The number of nitrogens with one attached hydrogen (secondary N) is 2. The second-order valence-electron chi connectivity index (χ2n) is 5.78. The zero-order chi connectivity index (χ0) is 14.0. The molecule has 2 rings (SSSR count). The maximum atomic E-state index is 11.9. The molecule has 19 heavy (non-hydrogen) atoms. The molecule has 0 unspecified atom stereocenters. The number of rotatable bonds is 6. The quantitative estimate of drug-likeness (QED) is 0.829. The Morgan fingerprint density at radius 2 is 2.11 bits per heavy atom. The lowest BCUT2D eigenvalue weighted by Crippen LogP contribution is -2.23. The molecule has 0 spiro atoms. The van der Waals surface area contributed by atoms with E-state index in [0.717, 1.165) is 17.9 Å². The Hall–Kier alpha value is -1.29. The van der Waals surface area contributed by atoms with E-state index in [-0.39, 0.29) is 5.91 Å². The van der Waals surface area contributed by atoms with Gasteiger partial charge in [-0.25, -0.2) is 0 Å². The molecule has 0 aliphatic heterocycles. The first kappa shape index (κ1) is 14.1. The summed E-state index contributed by atoms with van der Waals surface area (Å²) in [5.41, 5.74) is 3.28. The molecule has 4 heteroatoms. The first-order valence-electron chi connectivity index (χ1n) is 7.20. The monoisotopic (exact) mass is 263 g/mol. The summed E-state index contributed by atoms with van der Waals surface area (Å²) >= 11 is 0. The van der Waals surface area contributed by atoms with Gasteiger partial charge in [0.2, 0.25) is 5.91 Å². The summed E-state index contributed by atoms with van der Waals surface area (Å²) < 4.78 is 2.25. The van der Waals surface area contributed by atoms with Gasteiger partial charge in [0.25, 0.3) is 0 Å². The summed E-state index contributed by atoms with van der Waals surface area (Å²) in [6.07, 6.45) is 3.07. The highest BCUT2D eigenvalue weighted by molar-refractivity contribution is 5.91. The standard InChI is InChI=1S/C15H25N3O/c1-10(2)18-11(3)9-14(12(18)4)17-15(19)7-8-16-13-5-6-13/h9-10,13,16H,5-8H2,1-4H3,(H,17,19). The molecule has 0 bridgehead atoms. The van der Waals surface area contributed by atoms with Gasteiger partial charge in [-0.15, -0.1) is 0 Å². The number of carbonyl (C=O) groups excluding carboxylic acids is 1. The van der Waals surface area contributed by atoms with Crippen molar-refractivity contribution < 1.29 is 4.79 Å². The SMILES string of the molecule is Cc1cc(NC(=O)CCNC2CC2)c(C)n1C(C)C. The number of anilines is 1. The highest BCUT2D eigenvalue weighted by Crippen LogP contribution is 2.24. The van der Waals surface area contributed by atoms with Crippen molar-refractivity contribution in [3.05, 3.63) is 17.5 Å². The fraction of sp³-hybridized carbons (Fsp3) is 0.667. The van der Waals surface area contributed by atoms with E-state index in [1.807, 2.05) is 0 Å². The molecule has 4 nitrogen and oxygen atoms in total. The van der Waals surface area contributed by atoms with Crippen molar-refractivity contribution in [3.63, 3.8) is 0 Å². The van der Waals surface area contributed by atoms with Crippen LogP contribution >= 0.6 is 0 Å². The molecular weight excluding hydrogens is 238 g/mol. The van der Waals surface area contributed by atoms with Crippen molar-refractivity contribution in [1.82, 2.24) is 9.88 Å². The van der Waals surface area contributed by atoms with E-state index in [4.69, 9.17) is 0 Å². The molecule has 1 fully saturated rings. The summed E-state index contributed by atoms with van der Waals surface area (Å²) in [6, 6.07) is 3.14. The summed E-state index contributed by atoms with van der Waals surface area (Å²) in [5.74, 6) is 0.0946. The minimum absolute atomic E-state index is 0.0946. The van der Waals surface area contributed by atoms with Crippen LogP contribution < -0.4 is 10.6 Å². The van der Waals surface area contributed by atoms with E-state index in [1.165, 1.54) is 18.5 Å². The Bertz CT molecular complexity index is 458. The van der Waals surface area contributed by atoms with Gasteiger partial charge in [0.1, 0.15) is 0 Å². The molecule has 1 amide bonds. The first-order chi connectivity index (χ1) is 8.99. The average molecular weight is 263 g/mol. The Morgan fingerprint density at radius 1 is 1.42 bits per heavy atom. The van der Waals surface area contributed by atoms with Crippen LogP contribution in [0.3, 0.4) is 0 Å². The number of carbonyl (C=O) groups is 1. The van der Waals surface area contributed by atoms with Crippen molar-refractivity contribution >= 4 is 11.6 Å². The highest BCUT2D eigenvalue weighted by atomic mass is 16.1. The van der Waals surface area contributed by atoms with Crippen LogP contribution in [0.15, 0.2) is 6.07 Å². The lowest BCUT2D eigenvalue weighted by Gasteiger charge is -2.13. The molecule has 1 saturated carbocycles. The summed E-state index contributed by atoms with van der Waals surface area (Å²) in [7, 11) is 0. The molecule has 0 saturated heterocycles. The van der Waals surface area contributed by atoms with Gasteiger partial charge >= 0.3 is 0 Å². The molecule has 1 aromatic heterocycles. The van der Waals surface area contributed by atoms with Crippen LogP contribution in [0, 0.1) is 13.8 Å². The number of amides is 1. The van der Waals surface area contributed by atoms with Crippen molar-refractivity contribution in [1.29, 1.82) is 0 Å². The molecule has 0 radical (unpaired) electrons. The van der Waals surface area contributed by atoms with Crippen molar-refractivity contribution in [2.45, 2.75) is 59.0 Å². The zero-order valence-corrected chi connectivity index (χ0v) is 12.4. The Kier molecular flexibility index (Phi) is 4.30.